The number of carboxylic acids is 1. The van der Waals surface area contributed by atoms with E-state index in [0.29, 0.717) is 6.54 Å². The van der Waals surface area contributed by atoms with Gasteiger partial charge in [0, 0.05) is 12.2 Å². The first-order chi connectivity index (χ1) is 9.72. The Balaban J connectivity index is 2.12. The number of hydrogen-bond donors (Lipinski definition) is 2. The van der Waals surface area contributed by atoms with E-state index in [-0.39, 0.29) is 0 Å². The predicted molar refractivity (Wildman–Crippen MR) is 81.1 cm³/mol. The first-order valence-corrected chi connectivity index (χ1v) is 6.82. The maximum absolute atomic E-state index is 11.4. The van der Waals surface area contributed by atoms with E-state index in [9.17, 15) is 9.90 Å². The van der Waals surface area contributed by atoms with Crippen LogP contribution < -0.4 is 5.32 Å². The number of hydrogen-bond acceptors (Lipinski definition) is 2. The maximum Gasteiger partial charge on any atom is 0.312 e. The van der Waals surface area contributed by atoms with E-state index in [0.717, 1.165) is 17.7 Å². The van der Waals surface area contributed by atoms with Gasteiger partial charge in [-0.2, -0.15) is 0 Å². The molecule has 1 atom stereocenters. The lowest BCUT2D eigenvalue weighted by Gasteiger charge is -2.16. The number of aryl methyl sites for hydroxylation is 1. The average Bonchev–Trinajstić information content (AvgIpc) is 2.48. The van der Waals surface area contributed by atoms with Crippen LogP contribution in [0, 0.1) is 0 Å². The normalized spacial score (nSPS) is 11.8. The van der Waals surface area contributed by atoms with E-state index >= 15 is 0 Å². The molecular weight excluding hydrogens is 250 g/mol. The van der Waals surface area contributed by atoms with E-state index in [1.807, 2.05) is 48.5 Å². The van der Waals surface area contributed by atoms with Crippen molar-refractivity contribution in [3.63, 3.8) is 0 Å². The van der Waals surface area contributed by atoms with Gasteiger partial charge in [-0.3, -0.25) is 4.79 Å². The van der Waals surface area contributed by atoms with Crippen molar-refractivity contribution in [3.05, 3.63) is 65.7 Å². The molecule has 0 aromatic heterocycles. The number of nitrogens with one attached hydrogen (secondary N) is 1. The van der Waals surface area contributed by atoms with Crippen molar-refractivity contribution in [1.82, 2.24) is 0 Å². The second-order valence-corrected chi connectivity index (χ2v) is 4.69. The highest BCUT2D eigenvalue weighted by Crippen LogP contribution is 2.20. The fourth-order valence-corrected chi connectivity index (χ4v) is 2.25. The molecule has 3 heteroatoms. The number of anilines is 1. The smallest absolute Gasteiger partial charge is 0.312 e. The monoisotopic (exact) mass is 269 g/mol. The molecule has 0 saturated heterocycles. The summed E-state index contributed by atoms with van der Waals surface area (Å²) in [5, 5.41) is 12.7. The number of aliphatic carboxylic acids is 1. The summed E-state index contributed by atoms with van der Waals surface area (Å²) in [4.78, 5) is 11.4. The highest BCUT2D eigenvalue weighted by Gasteiger charge is 2.19. The van der Waals surface area contributed by atoms with Crippen LogP contribution in [-0.2, 0) is 11.2 Å². The number of rotatable bonds is 6. The third-order valence-corrected chi connectivity index (χ3v) is 3.39. The Hall–Kier alpha value is -2.29. The zero-order valence-electron chi connectivity index (χ0n) is 11.5. The van der Waals surface area contributed by atoms with Gasteiger partial charge in [-0.15, -0.1) is 0 Å². The largest absolute Gasteiger partial charge is 0.481 e. The highest BCUT2D eigenvalue weighted by molar-refractivity contribution is 5.77. The molecule has 20 heavy (non-hydrogen) atoms. The summed E-state index contributed by atoms with van der Waals surface area (Å²) in [5.74, 6) is -1.35. The van der Waals surface area contributed by atoms with Crippen LogP contribution in [0.1, 0.15) is 24.0 Å². The Morgan fingerprint density at radius 3 is 2.40 bits per heavy atom. The van der Waals surface area contributed by atoms with Crippen molar-refractivity contribution in [3.8, 4) is 0 Å². The van der Waals surface area contributed by atoms with Gasteiger partial charge in [0.1, 0.15) is 0 Å². The Bertz CT molecular complexity index is 566. The molecule has 0 spiro atoms. The van der Waals surface area contributed by atoms with Crippen LogP contribution in [0.4, 0.5) is 5.69 Å². The summed E-state index contributed by atoms with van der Waals surface area (Å²) in [6, 6.07) is 17.3. The van der Waals surface area contributed by atoms with Gasteiger partial charge in [0.15, 0.2) is 0 Å². The fourth-order valence-electron chi connectivity index (χ4n) is 2.25. The third-order valence-electron chi connectivity index (χ3n) is 3.39. The Morgan fingerprint density at radius 1 is 1.10 bits per heavy atom. The summed E-state index contributed by atoms with van der Waals surface area (Å²) in [7, 11) is 0. The third kappa shape index (κ3) is 3.38. The lowest BCUT2D eigenvalue weighted by Crippen LogP contribution is -2.21. The molecule has 0 aliphatic heterocycles. The van der Waals surface area contributed by atoms with Crippen LogP contribution in [-0.4, -0.2) is 17.6 Å². The lowest BCUT2D eigenvalue weighted by molar-refractivity contribution is -0.138. The van der Waals surface area contributed by atoms with Gasteiger partial charge in [0.25, 0.3) is 0 Å². The maximum atomic E-state index is 11.4. The molecular formula is C17H19NO2. The van der Waals surface area contributed by atoms with Crippen molar-refractivity contribution in [2.45, 2.75) is 19.3 Å². The van der Waals surface area contributed by atoms with Crippen LogP contribution in [0.15, 0.2) is 54.6 Å². The minimum Gasteiger partial charge on any atom is -0.481 e. The second kappa shape index (κ2) is 6.75. The van der Waals surface area contributed by atoms with Crippen molar-refractivity contribution < 1.29 is 9.90 Å². The van der Waals surface area contributed by atoms with E-state index in [1.54, 1.807) is 0 Å². The van der Waals surface area contributed by atoms with Crippen LogP contribution in [0.25, 0.3) is 0 Å². The van der Waals surface area contributed by atoms with Crippen LogP contribution in [0.2, 0.25) is 0 Å². The molecule has 0 heterocycles. The van der Waals surface area contributed by atoms with Gasteiger partial charge in [-0.25, -0.2) is 0 Å². The Morgan fingerprint density at radius 2 is 1.75 bits per heavy atom. The number of benzene rings is 2. The highest BCUT2D eigenvalue weighted by atomic mass is 16.4. The predicted octanol–water partition coefficient (Wildman–Crippen LogP) is 3.53. The number of para-hydroxylation sites is 1. The minimum absolute atomic E-state index is 0.385. The molecule has 2 aromatic carbocycles. The molecule has 2 aromatic rings. The topological polar surface area (TPSA) is 49.3 Å². The number of carbonyl (C=O) groups is 1. The quantitative estimate of drug-likeness (QED) is 0.843. The number of carboxylic acid groups (broad SMARTS) is 1. The standard InChI is InChI=1S/C17H19NO2/c1-2-13-8-6-7-11-16(13)18-12-15(17(19)20)14-9-4-3-5-10-14/h3-11,15,18H,2,12H2,1H3,(H,19,20). The van der Waals surface area contributed by atoms with Crippen molar-refractivity contribution in [2.75, 3.05) is 11.9 Å². The van der Waals surface area contributed by atoms with Gasteiger partial charge in [0.2, 0.25) is 0 Å². The van der Waals surface area contributed by atoms with Crippen molar-refractivity contribution in [1.29, 1.82) is 0 Å². The van der Waals surface area contributed by atoms with Crippen molar-refractivity contribution in [2.24, 2.45) is 0 Å². The van der Waals surface area contributed by atoms with Gasteiger partial charge < -0.3 is 10.4 Å². The van der Waals surface area contributed by atoms with Crippen LogP contribution in [0.3, 0.4) is 0 Å². The van der Waals surface area contributed by atoms with Gasteiger partial charge >= 0.3 is 5.97 Å². The second-order valence-electron chi connectivity index (χ2n) is 4.69. The van der Waals surface area contributed by atoms with Gasteiger partial charge in [0.05, 0.1) is 5.92 Å². The molecule has 1 unspecified atom stereocenters. The first-order valence-electron chi connectivity index (χ1n) is 6.82. The van der Waals surface area contributed by atoms with Gasteiger partial charge in [-0.05, 0) is 23.6 Å². The van der Waals surface area contributed by atoms with Gasteiger partial charge in [-0.1, -0.05) is 55.5 Å². The minimum atomic E-state index is -0.808. The molecule has 104 valence electrons. The summed E-state index contributed by atoms with van der Waals surface area (Å²) < 4.78 is 0. The molecule has 0 radical (unpaired) electrons. The zero-order chi connectivity index (χ0) is 14.4. The molecule has 0 amide bonds. The fraction of sp³-hybridized carbons (Fsp3) is 0.235. The molecule has 2 N–H and O–H groups in total. The molecule has 0 aliphatic carbocycles. The van der Waals surface area contributed by atoms with E-state index < -0.39 is 11.9 Å². The summed E-state index contributed by atoms with van der Waals surface area (Å²) in [6.45, 7) is 2.47. The summed E-state index contributed by atoms with van der Waals surface area (Å²) in [5.41, 5.74) is 3.03. The van der Waals surface area contributed by atoms with Crippen molar-refractivity contribution >= 4 is 11.7 Å². The molecule has 0 fully saturated rings. The Kier molecular flexibility index (Phi) is 4.77. The summed E-state index contributed by atoms with van der Waals surface area (Å²) in [6.07, 6.45) is 0.923. The molecule has 3 nitrogen and oxygen atoms in total. The van der Waals surface area contributed by atoms with Crippen LogP contribution >= 0.6 is 0 Å². The van der Waals surface area contributed by atoms with E-state index in [1.165, 1.54) is 5.56 Å². The first kappa shape index (κ1) is 14.1. The SMILES string of the molecule is CCc1ccccc1NCC(C(=O)O)c1ccccc1. The molecule has 0 saturated carbocycles. The average molecular weight is 269 g/mol. The molecule has 0 bridgehead atoms. The van der Waals surface area contributed by atoms with Crippen LogP contribution in [0.5, 0.6) is 0 Å². The molecule has 0 aliphatic rings. The Labute approximate surface area is 119 Å². The van der Waals surface area contributed by atoms with E-state index in [2.05, 4.69) is 18.3 Å². The zero-order valence-corrected chi connectivity index (χ0v) is 11.5. The summed E-state index contributed by atoms with van der Waals surface area (Å²) >= 11 is 0. The van der Waals surface area contributed by atoms with E-state index in [4.69, 9.17) is 0 Å². The lowest BCUT2D eigenvalue weighted by atomic mass is 9.99. The molecule has 2 rings (SSSR count).